The van der Waals surface area contributed by atoms with Gasteiger partial charge in [0, 0.05) is 25.3 Å². The molecule has 0 radical (unpaired) electrons. The molecule has 34 heavy (non-hydrogen) atoms. The molecular weight excluding hydrogens is 481 g/mol. The van der Waals surface area contributed by atoms with Crippen molar-refractivity contribution < 1.29 is 19.1 Å². The summed E-state index contributed by atoms with van der Waals surface area (Å²) < 4.78 is 5.36. The molecule has 0 bridgehead atoms. The van der Waals surface area contributed by atoms with Crippen molar-refractivity contribution in [2.24, 2.45) is 0 Å². The van der Waals surface area contributed by atoms with E-state index < -0.39 is 17.9 Å². The number of anilines is 1. The van der Waals surface area contributed by atoms with Gasteiger partial charge in [0.1, 0.15) is 5.75 Å². The molecule has 1 saturated heterocycles. The first-order valence-corrected chi connectivity index (χ1v) is 11.3. The number of carbonyl (C=O) groups is 3. The van der Waals surface area contributed by atoms with Gasteiger partial charge in [0.15, 0.2) is 5.69 Å². The Morgan fingerprint density at radius 1 is 0.971 bits per heavy atom. The Bertz CT molecular complexity index is 1170. The lowest BCUT2D eigenvalue weighted by molar-refractivity contribution is 0.0905. The Kier molecular flexibility index (Phi) is 7.34. The first-order valence-electron chi connectivity index (χ1n) is 10.5. The maximum Gasteiger partial charge on any atom is 0.415 e. The van der Waals surface area contributed by atoms with E-state index in [1.54, 1.807) is 47.4 Å². The zero-order valence-electron chi connectivity index (χ0n) is 17.9. The molecule has 3 aromatic rings. The van der Waals surface area contributed by atoms with Gasteiger partial charge in [-0.15, -0.1) is 0 Å². The van der Waals surface area contributed by atoms with Gasteiger partial charge in [-0.3, -0.25) is 14.7 Å². The number of para-hydroxylation sites is 1. The fourth-order valence-electron chi connectivity index (χ4n) is 3.57. The molecule has 0 aliphatic carbocycles. The molecule has 0 saturated carbocycles. The number of likely N-dealkylation sites (tertiary alicyclic amines) is 1. The van der Waals surface area contributed by atoms with Gasteiger partial charge >= 0.3 is 6.09 Å². The number of H-pyrrole nitrogens is 1. The SMILES string of the molecule is O=C(NC1CCN(C(=O)Oc2ccccc2)CC1)c1n[nH]cc1NC(=O)c1c(Cl)cccc1Cl. The van der Waals surface area contributed by atoms with E-state index in [2.05, 4.69) is 20.8 Å². The number of ether oxygens (including phenoxy) is 1. The van der Waals surface area contributed by atoms with Crippen LogP contribution in [0.25, 0.3) is 0 Å². The topological polar surface area (TPSA) is 116 Å². The van der Waals surface area contributed by atoms with Crippen molar-refractivity contribution in [1.82, 2.24) is 20.4 Å². The van der Waals surface area contributed by atoms with E-state index in [0.29, 0.717) is 31.7 Å². The maximum absolute atomic E-state index is 12.8. The Hall–Kier alpha value is -3.56. The van der Waals surface area contributed by atoms with Crippen molar-refractivity contribution in [3.8, 4) is 5.75 Å². The number of hydrogen-bond donors (Lipinski definition) is 3. The minimum absolute atomic E-state index is 0.0300. The summed E-state index contributed by atoms with van der Waals surface area (Å²) in [5.74, 6) is -0.530. The van der Waals surface area contributed by atoms with Crippen molar-refractivity contribution in [2.75, 3.05) is 18.4 Å². The summed E-state index contributed by atoms with van der Waals surface area (Å²) in [7, 11) is 0. The lowest BCUT2D eigenvalue weighted by atomic mass is 10.1. The molecule has 176 valence electrons. The van der Waals surface area contributed by atoms with Crippen LogP contribution in [0.3, 0.4) is 0 Å². The molecule has 0 unspecified atom stereocenters. The van der Waals surface area contributed by atoms with Crippen LogP contribution in [0.2, 0.25) is 10.0 Å². The minimum atomic E-state index is -0.559. The van der Waals surface area contributed by atoms with Crippen LogP contribution in [0.1, 0.15) is 33.7 Å². The second kappa shape index (κ2) is 10.6. The summed E-state index contributed by atoms with van der Waals surface area (Å²) in [6, 6.07) is 13.4. The minimum Gasteiger partial charge on any atom is -0.410 e. The fraction of sp³-hybridized carbons (Fsp3) is 0.217. The third-order valence-electron chi connectivity index (χ3n) is 5.33. The van der Waals surface area contributed by atoms with Crippen molar-refractivity contribution in [3.63, 3.8) is 0 Å². The van der Waals surface area contributed by atoms with Gasteiger partial charge in [-0.1, -0.05) is 47.5 Å². The summed E-state index contributed by atoms with van der Waals surface area (Å²) >= 11 is 12.2. The molecule has 1 aromatic heterocycles. The quantitative estimate of drug-likeness (QED) is 0.480. The molecule has 3 amide bonds. The molecular formula is C23H21Cl2N5O4. The van der Waals surface area contributed by atoms with E-state index in [4.69, 9.17) is 27.9 Å². The molecule has 0 spiro atoms. The fourth-order valence-corrected chi connectivity index (χ4v) is 4.14. The molecule has 0 atom stereocenters. The molecule has 1 aliphatic rings. The Labute approximate surface area is 205 Å². The van der Waals surface area contributed by atoms with Crippen LogP contribution >= 0.6 is 23.2 Å². The van der Waals surface area contributed by atoms with E-state index in [1.807, 2.05) is 6.07 Å². The van der Waals surface area contributed by atoms with Crippen molar-refractivity contribution >= 4 is 46.8 Å². The van der Waals surface area contributed by atoms with Crippen LogP contribution in [0.15, 0.2) is 54.7 Å². The predicted octanol–water partition coefficient (Wildman–Crippen LogP) is 4.36. The van der Waals surface area contributed by atoms with Gasteiger partial charge in [0.25, 0.3) is 11.8 Å². The number of piperidine rings is 1. The van der Waals surface area contributed by atoms with E-state index >= 15 is 0 Å². The van der Waals surface area contributed by atoms with Crippen LogP contribution < -0.4 is 15.4 Å². The number of halogens is 2. The highest BCUT2D eigenvalue weighted by Crippen LogP contribution is 2.26. The number of aromatic nitrogens is 2. The van der Waals surface area contributed by atoms with Gasteiger partial charge < -0.3 is 20.3 Å². The summed E-state index contributed by atoms with van der Waals surface area (Å²) in [5, 5.41) is 12.5. The van der Waals surface area contributed by atoms with Crippen LogP contribution in [0.5, 0.6) is 5.75 Å². The first-order chi connectivity index (χ1) is 16.4. The molecule has 3 N–H and O–H groups in total. The summed E-state index contributed by atoms with van der Waals surface area (Å²) in [4.78, 5) is 39.4. The van der Waals surface area contributed by atoms with Crippen LogP contribution in [0.4, 0.5) is 10.5 Å². The standard InChI is InChI=1S/C23H21Cl2N5O4/c24-16-7-4-8-17(25)19(16)21(31)28-18-13-26-29-20(18)22(32)27-14-9-11-30(12-10-14)23(33)34-15-5-2-1-3-6-15/h1-8,13-14H,9-12H2,(H,26,29)(H,27,32)(H,28,31). The third-order valence-corrected chi connectivity index (χ3v) is 5.96. The Morgan fingerprint density at radius 3 is 2.32 bits per heavy atom. The highest BCUT2D eigenvalue weighted by molar-refractivity contribution is 6.40. The van der Waals surface area contributed by atoms with E-state index in [-0.39, 0.29) is 33.0 Å². The van der Waals surface area contributed by atoms with Crippen LogP contribution in [0, 0.1) is 0 Å². The number of hydrogen-bond acceptors (Lipinski definition) is 5. The van der Waals surface area contributed by atoms with E-state index in [1.165, 1.54) is 6.20 Å². The van der Waals surface area contributed by atoms with Gasteiger partial charge in [0.2, 0.25) is 0 Å². The van der Waals surface area contributed by atoms with Crippen molar-refractivity contribution in [3.05, 3.63) is 76.0 Å². The normalized spacial score (nSPS) is 13.9. The third kappa shape index (κ3) is 5.49. The lowest BCUT2D eigenvalue weighted by Crippen LogP contribution is -2.47. The number of rotatable bonds is 5. The van der Waals surface area contributed by atoms with Crippen LogP contribution in [-0.2, 0) is 0 Å². The van der Waals surface area contributed by atoms with Gasteiger partial charge in [-0.05, 0) is 37.1 Å². The number of benzene rings is 2. The van der Waals surface area contributed by atoms with Gasteiger partial charge in [0.05, 0.1) is 21.3 Å². The molecule has 4 rings (SSSR count). The smallest absolute Gasteiger partial charge is 0.410 e. The number of amides is 3. The summed E-state index contributed by atoms with van der Waals surface area (Å²) in [5.41, 5.74) is 0.331. The zero-order valence-corrected chi connectivity index (χ0v) is 19.4. The molecule has 9 nitrogen and oxygen atoms in total. The average Bonchev–Trinajstić information content (AvgIpc) is 3.28. The highest BCUT2D eigenvalue weighted by atomic mass is 35.5. The molecule has 1 aliphatic heterocycles. The largest absolute Gasteiger partial charge is 0.415 e. The average molecular weight is 502 g/mol. The Balaban J connectivity index is 1.32. The maximum atomic E-state index is 12.8. The molecule has 11 heteroatoms. The van der Waals surface area contributed by atoms with Gasteiger partial charge in [-0.2, -0.15) is 5.10 Å². The second-order valence-corrected chi connectivity index (χ2v) is 8.43. The van der Waals surface area contributed by atoms with E-state index in [0.717, 1.165) is 0 Å². The van der Waals surface area contributed by atoms with Gasteiger partial charge in [-0.25, -0.2) is 4.79 Å². The summed E-state index contributed by atoms with van der Waals surface area (Å²) in [6.07, 6.45) is 2.08. The number of nitrogens with zero attached hydrogens (tertiary/aromatic N) is 2. The highest BCUT2D eigenvalue weighted by Gasteiger charge is 2.27. The second-order valence-electron chi connectivity index (χ2n) is 7.61. The zero-order chi connectivity index (χ0) is 24.1. The van der Waals surface area contributed by atoms with Crippen LogP contribution in [-0.4, -0.2) is 52.1 Å². The Morgan fingerprint density at radius 2 is 1.65 bits per heavy atom. The lowest BCUT2D eigenvalue weighted by Gasteiger charge is -2.31. The monoisotopic (exact) mass is 501 g/mol. The number of carbonyl (C=O) groups excluding carboxylic acids is 3. The summed E-state index contributed by atoms with van der Waals surface area (Å²) in [6.45, 7) is 0.873. The molecule has 2 aromatic carbocycles. The van der Waals surface area contributed by atoms with E-state index in [9.17, 15) is 14.4 Å². The number of aromatic amines is 1. The van der Waals surface area contributed by atoms with Crippen molar-refractivity contribution in [1.29, 1.82) is 0 Å². The van der Waals surface area contributed by atoms with Crippen molar-refractivity contribution in [2.45, 2.75) is 18.9 Å². The molecule has 2 heterocycles. The molecule has 1 fully saturated rings. The predicted molar refractivity (Wildman–Crippen MR) is 128 cm³/mol. The number of nitrogens with one attached hydrogen (secondary N) is 3. The first kappa shape index (κ1) is 23.6.